The fourth-order valence-electron chi connectivity index (χ4n) is 1.92. The van der Waals surface area contributed by atoms with Crippen LogP contribution >= 0.6 is 12.4 Å². The van der Waals surface area contributed by atoms with E-state index in [4.69, 9.17) is 5.73 Å². The molecule has 2 atom stereocenters. The number of hydrogen-bond donors (Lipinski definition) is 3. The van der Waals surface area contributed by atoms with E-state index in [-0.39, 0.29) is 24.2 Å². The minimum atomic E-state index is -0.883. The van der Waals surface area contributed by atoms with E-state index in [0.717, 1.165) is 5.56 Å². The van der Waals surface area contributed by atoms with Gasteiger partial charge in [-0.3, -0.25) is 4.79 Å². The van der Waals surface area contributed by atoms with E-state index in [1.165, 1.54) is 0 Å². The molecule has 1 amide bonds. The van der Waals surface area contributed by atoms with Crippen LogP contribution < -0.4 is 11.1 Å². The third-order valence-corrected chi connectivity index (χ3v) is 2.99. The molecule has 20 heavy (non-hydrogen) atoms. The van der Waals surface area contributed by atoms with Crippen molar-refractivity contribution in [1.82, 2.24) is 5.32 Å². The van der Waals surface area contributed by atoms with E-state index in [2.05, 4.69) is 5.32 Å². The molecule has 0 heterocycles. The van der Waals surface area contributed by atoms with Crippen LogP contribution in [0.1, 0.15) is 38.7 Å². The number of carbonyl (C=O) groups is 1. The summed E-state index contributed by atoms with van der Waals surface area (Å²) in [7, 11) is 0. The maximum atomic E-state index is 11.8. The predicted octanol–water partition coefficient (Wildman–Crippen LogP) is 1.82. The van der Waals surface area contributed by atoms with Gasteiger partial charge in [0.25, 0.3) is 0 Å². The van der Waals surface area contributed by atoms with Crippen LogP contribution in [0.2, 0.25) is 0 Å². The zero-order valence-electron chi connectivity index (χ0n) is 12.3. The van der Waals surface area contributed by atoms with Gasteiger partial charge in [-0.25, -0.2) is 0 Å². The van der Waals surface area contributed by atoms with Crippen LogP contribution in [-0.2, 0) is 4.79 Å². The Morgan fingerprint density at radius 2 is 1.90 bits per heavy atom. The number of carbonyl (C=O) groups excluding carboxylic acids is 1. The monoisotopic (exact) mass is 300 g/mol. The summed E-state index contributed by atoms with van der Waals surface area (Å²) in [5.41, 5.74) is 5.97. The van der Waals surface area contributed by atoms with Crippen LogP contribution in [0.15, 0.2) is 30.3 Å². The third kappa shape index (κ3) is 6.37. The highest BCUT2D eigenvalue weighted by Gasteiger charge is 2.23. The molecule has 0 saturated heterocycles. The standard InChI is InChI=1S/C15H24N2O2.ClH/c1-11(18)9-13(12-7-5-4-6-8-12)10-17-14(19)15(2,3)16;/h4-8,11,13,18H,9-10,16H2,1-3H3,(H,17,19);1H. The van der Waals surface area contributed by atoms with Gasteiger partial charge in [0.2, 0.25) is 5.91 Å². The van der Waals surface area contributed by atoms with Gasteiger partial charge in [-0.05, 0) is 32.8 Å². The summed E-state index contributed by atoms with van der Waals surface area (Å²) < 4.78 is 0. The first-order chi connectivity index (χ1) is 8.80. The van der Waals surface area contributed by atoms with Crippen molar-refractivity contribution in [2.75, 3.05) is 6.54 Å². The summed E-state index contributed by atoms with van der Waals surface area (Å²) in [5, 5.41) is 12.4. The topological polar surface area (TPSA) is 75.3 Å². The Morgan fingerprint density at radius 1 is 1.35 bits per heavy atom. The highest BCUT2D eigenvalue weighted by Crippen LogP contribution is 2.20. The minimum Gasteiger partial charge on any atom is -0.393 e. The molecule has 4 nitrogen and oxygen atoms in total. The van der Waals surface area contributed by atoms with Gasteiger partial charge in [0, 0.05) is 12.5 Å². The normalized spacial score (nSPS) is 14.1. The lowest BCUT2D eigenvalue weighted by Crippen LogP contribution is -2.50. The largest absolute Gasteiger partial charge is 0.393 e. The molecule has 1 aromatic rings. The molecule has 5 heteroatoms. The quantitative estimate of drug-likeness (QED) is 0.750. The van der Waals surface area contributed by atoms with Gasteiger partial charge in [0.15, 0.2) is 0 Å². The number of benzene rings is 1. The fourth-order valence-corrected chi connectivity index (χ4v) is 1.92. The minimum absolute atomic E-state index is 0. The average molecular weight is 301 g/mol. The first-order valence-electron chi connectivity index (χ1n) is 6.61. The summed E-state index contributed by atoms with van der Waals surface area (Å²) in [6.07, 6.45) is 0.197. The van der Waals surface area contributed by atoms with Crippen molar-refractivity contribution in [2.45, 2.75) is 44.8 Å². The van der Waals surface area contributed by atoms with E-state index in [9.17, 15) is 9.90 Å². The fraction of sp³-hybridized carbons (Fsp3) is 0.533. The second kappa shape index (κ2) is 8.25. The molecule has 4 N–H and O–H groups in total. The maximum absolute atomic E-state index is 11.8. The summed E-state index contributed by atoms with van der Waals surface area (Å²) in [6, 6.07) is 9.88. The molecule has 1 aromatic carbocycles. The molecule has 0 aliphatic rings. The predicted molar refractivity (Wildman–Crippen MR) is 84.0 cm³/mol. The molecule has 0 aromatic heterocycles. The van der Waals surface area contributed by atoms with Crippen LogP contribution in [0.5, 0.6) is 0 Å². The number of aliphatic hydroxyl groups excluding tert-OH is 1. The van der Waals surface area contributed by atoms with Crippen molar-refractivity contribution < 1.29 is 9.90 Å². The van der Waals surface area contributed by atoms with Gasteiger partial charge in [0.05, 0.1) is 11.6 Å². The Bertz CT molecular complexity index is 402. The first-order valence-corrected chi connectivity index (χ1v) is 6.61. The van der Waals surface area contributed by atoms with Crippen molar-refractivity contribution in [2.24, 2.45) is 5.73 Å². The van der Waals surface area contributed by atoms with Crippen molar-refractivity contribution in [3.05, 3.63) is 35.9 Å². The summed E-state index contributed by atoms with van der Waals surface area (Å²) in [5.74, 6) is -0.0912. The summed E-state index contributed by atoms with van der Waals surface area (Å²) >= 11 is 0. The molecule has 114 valence electrons. The lowest BCUT2D eigenvalue weighted by atomic mass is 9.93. The zero-order valence-corrected chi connectivity index (χ0v) is 13.1. The number of halogens is 1. The second-order valence-electron chi connectivity index (χ2n) is 5.62. The molecule has 0 spiro atoms. The number of hydrogen-bond acceptors (Lipinski definition) is 3. The molecule has 1 rings (SSSR count). The van der Waals surface area contributed by atoms with Gasteiger partial charge >= 0.3 is 0 Å². The Balaban J connectivity index is 0.00000361. The number of rotatable bonds is 6. The molecular formula is C15H25ClN2O2. The molecule has 0 fully saturated rings. The zero-order chi connectivity index (χ0) is 14.5. The van der Waals surface area contributed by atoms with Crippen molar-refractivity contribution in [1.29, 1.82) is 0 Å². The lowest BCUT2D eigenvalue weighted by Gasteiger charge is -2.23. The smallest absolute Gasteiger partial charge is 0.239 e. The summed E-state index contributed by atoms with van der Waals surface area (Å²) in [6.45, 7) is 5.59. The van der Waals surface area contributed by atoms with Crippen LogP contribution in [0.4, 0.5) is 0 Å². The number of nitrogens with two attached hydrogens (primary N) is 1. The molecule has 0 bridgehead atoms. The number of aliphatic hydroxyl groups is 1. The Morgan fingerprint density at radius 3 is 2.35 bits per heavy atom. The van der Waals surface area contributed by atoms with Gasteiger partial charge in [-0.2, -0.15) is 0 Å². The molecule has 0 radical (unpaired) electrons. The van der Waals surface area contributed by atoms with Crippen LogP contribution in [0, 0.1) is 0 Å². The second-order valence-corrected chi connectivity index (χ2v) is 5.62. The van der Waals surface area contributed by atoms with Crippen molar-refractivity contribution >= 4 is 18.3 Å². The van der Waals surface area contributed by atoms with E-state index in [1.54, 1.807) is 20.8 Å². The summed E-state index contributed by atoms with van der Waals surface area (Å²) in [4.78, 5) is 11.8. The van der Waals surface area contributed by atoms with Crippen LogP contribution in [-0.4, -0.2) is 29.2 Å². The van der Waals surface area contributed by atoms with Crippen LogP contribution in [0.25, 0.3) is 0 Å². The molecular weight excluding hydrogens is 276 g/mol. The number of amides is 1. The van der Waals surface area contributed by atoms with Gasteiger partial charge in [0.1, 0.15) is 0 Å². The molecule has 2 unspecified atom stereocenters. The Kier molecular flexibility index (Phi) is 7.79. The highest BCUT2D eigenvalue weighted by atomic mass is 35.5. The molecule has 0 aliphatic heterocycles. The first kappa shape index (κ1) is 18.9. The van der Waals surface area contributed by atoms with Gasteiger partial charge < -0.3 is 16.2 Å². The average Bonchev–Trinajstić information content (AvgIpc) is 2.33. The van der Waals surface area contributed by atoms with Crippen LogP contribution in [0.3, 0.4) is 0 Å². The lowest BCUT2D eigenvalue weighted by molar-refractivity contribution is -0.125. The highest BCUT2D eigenvalue weighted by molar-refractivity contribution is 5.85. The third-order valence-electron chi connectivity index (χ3n) is 2.99. The van der Waals surface area contributed by atoms with Crippen molar-refractivity contribution in [3.8, 4) is 0 Å². The SMILES string of the molecule is CC(O)CC(CNC(=O)C(C)(C)N)c1ccccc1.Cl. The molecule has 0 aliphatic carbocycles. The van der Waals surface area contributed by atoms with E-state index in [0.29, 0.717) is 13.0 Å². The Hall–Kier alpha value is -1.10. The maximum Gasteiger partial charge on any atom is 0.239 e. The number of nitrogens with one attached hydrogen (secondary N) is 1. The Labute approximate surface area is 127 Å². The van der Waals surface area contributed by atoms with E-state index < -0.39 is 11.6 Å². The van der Waals surface area contributed by atoms with Gasteiger partial charge in [-0.15, -0.1) is 12.4 Å². The van der Waals surface area contributed by atoms with E-state index in [1.807, 2.05) is 30.3 Å². The van der Waals surface area contributed by atoms with Crippen molar-refractivity contribution in [3.63, 3.8) is 0 Å². The van der Waals surface area contributed by atoms with Gasteiger partial charge in [-0.1, -0.05) is 30.3 Å². The molecule has 0 saturated carbocycles. The van der Waals surface area contributed by atoms with E-state index >= 15 is 0 Å².